The third-order valence-electron chi connectivity index (χ3n) is 5.30. The summed E-state index contributed by atoms with van der Waals surface area (Å²) in [4.78, 5) is 25.5. The van der Waals surface area contributed by atoms with Crippen molar-refractivity contribution in [3.8, 4) is 11.5 Å². The van der Waals surface area contributed by atoms with Gasteiger partial charge in [0, 0.05) is 16.3 Å². The van der Waals surface area contributed by atoms with Crippen molar-refractivity contribution in [2.24, 2.45) is 0 Å². The number of aliphatic carboxylic acids is 1. The van der Waals surface area contributed by atoms with Gasteiger partial charge in [0.25, 0.3) is 12.3 Å². The van der Waals surface area contributed by atoms with Gasteiger partial charge in [0.15, 0.2) is 0 Å². The molecule has 0 radical (unpaired) electrons. The Morgan fingerprint density at radius 1 is 1.12 bits per heavy atom. The first kappa shape index (κ1) is 22.4. The van der Waals surface area contributed by atoms with Crippen molar-refractivity contribution < 1.29 is 37.3 Å². The largest absolute Gasteiger partial charge is 0.492 e. The van der Waals surface area contributed by atoms with E-state index < -0.39 is 30.7 Å². The minimum atomic E-state index is -2.72. The molecule has 0 aliphatic carbocycles. The average Bonchev–Trinajstić information content (AvgIpc) is 3.09. The van der Waals surface area contributed by atoms with Gasteiger partial charge >= 0.3 is 5.97 Å². The van der Waals surface area contributed by atoms with Crippen molar-refractivity contribution in [1.82, 2.24) is 0 Å². The van der Waals surface area contributed by atoms with Gasteiger partial charge in [-0.3, -0.25) is 9.59 Å². The summed E-state index contributed by atoms with van der Waals surface area (Å²) in [7, 11) is 0. The lowest BCUT2D eigenvalue weighted by Gasteiger charge is -2.17. The highest BCUT2D eigenvalue weighted by molar-refractivity contribution is 6.17. The molecular weight excluding hydrogens is 439 g/mol. The van der Waals surface area contributed by atoms with Crippen molar-refractivity contribution in [3.63, 3.8) is 0 Å². The molecule has 1 aliphatic heterocycles. The quantitative estimate of drug-likeness (QED) is 0.523. The lowest BCUT2D eigenvalue weighted by molar-refractivity contribution is -0.136. The fraction of sp³-hybridized carbons (Fsp3) is 0.250. The number of rotatable bonds is 8. The highest BCUT2D eigenvalue weighted by Crippen LogP contribution is 2.46. The molecule has 1 amide bonds. The fourth-order valence-electron chi connectivity index (χ4n) is 4.02. The molecular formula is C24H20F3NO5. The van der Waals surface area contributed by atoms with Gasteiger partial charge in [0.2, 0.25) is 0 Å². The standard InChI is InChI=1S/C24H20F3NO5/c1-2-32-23-15-6-4-3-5-14(15)22(33-12-19(26)27)16-11-28(24(31)21(16)23)18-8-7-13(9-17(18)25)10-20(29)30/h3-9,19H,2,10-12H2,1H3,(H,29,30). The van der Waals surface area contributed by atoms with E-state index >= 15 is 0 Å². The summed E-state index contributed by atoms with van der Waals surface area (Å²) in [6.07, 6.45) is -3.09. The van der Waals surface area contributed by atoms with Crippen molar-refractivity contribution in [1.29, 1.82) is 0 Å². The number of hydrogen-bond acceptors (Lipinski definition) is 4. The van der Waals surface area contributed by atoms with Crippen LogP contribution < -0.4 is 14.4 Å². The Labute approximate surface area is 187 Å². The van der Waals surface area contributed by atoms with Crippen molar-refractivity contribution >= 4 is 28.3 Å². The Bertz CT molecular complexity index is 1240. The molecule has 0 bridgehead atoms. The summed E-state index contributed by atoms with van der Waals surface area (Å²) in [6, 6.07) is 10.7. The summed E-state index contributed by atoms with van der Waals surface area (Å²) in [5.41, 5.74) is 0.650. The van der Waals surface area contributed by atoms with Crippen LogP contribution in [0.3, 0.4) is 0 Å². The molecule has 0 aromatic heterocycles. The molecule has 1 heterocycles. The van der Waals surface area contributed by atoms with E-state index in [4.69, 9.17) is 14.6 Å². The second-order valence-electron chi connectivity index (χ2n) is 7.44. The number of amides is 1. The van der Waals surface area contributed by atoms with Crippen LogP contribution in [0.4, 0.5) is 18.9 Å². The minimum Gasteiger partial charge on any atom is -0.492 e. The fourth-order valence-corrected chi connectivity index (χ4v) is 4.02. The second kappa shape index (κ2) is 9.01. The predicted octanol–water partition coefficient (Wildman–Crippen LogP) is 4.81. The highest BCUT2D eigenvalue weighted by atomic mass is 19.3. The van der Waals surface area contributed by atoms with Crippen LogP contribution in [0.25, 0.3) is 10.8 Å². The lowest BCUT2D eigenvalue weighted by atomic mass is 9.99. The minimum absolute atomic E-state index is 0.0587. The molecule has 6 nitrogen and oxygen atoms in total. The molecule has 3 aromatic rings. The molecule has 4 rings (SSSR count). The summed E-state index contributed by atoms with van der Waals surface area (Å²) in [5.74, 6) is -2.04. The number of ether oxygens (including phenoxy) is 2. The van der Waals surface area contributed by atoms with Crippen LogP contribution in [0, 0.1) is 5.82 Å². The predicted molar refractivity (Wildman–Crippen MR) is 115 cm³/mol. The van der Waals surface area contributed by atoms with Gasteiger partial charge in [-0.1, -0.05) is 30.3 Å². The molecule has 0 unspecified atom stereocenters. The second-order valence-corrected chi connectivity index (χ2v) is 7.44. The molecule has 0 fully saturated rings. The Balaban J connectivity index is 1.85. The van der Waals surface area contributed by atoms with E-state index in [1.165, 1.54) is 17.0 Å². The van der Waals surface area contributed by atoms with Gasteiger partial charge in [0.05, 0.1) is 30.8 Å². The van der Waals surface area contributed by atoms with Gasteiger partial charge in [-0.2, -0.15) is 0 Å². The molecule has 0 saturated carbocycles. The smallest absolute Gasteiger partial charge is 0.307 e. The number of carboxylic acids is 1. The van der Waals surface area contributed by atoms with Crippen LogP contribution >= 0.6 is 0 Å². The zero-order chi connectivity index (χ0) is 23.7. The molecule has 3 aromatic carbocycles. The van der Waals surface area contributed by atoms with Crippen LogP contribution in [0.2, 0.25) is 0 Å². The van der Waals surface area contributed by atoms with E-state index in [1.54, 1.807) is 31.2 Å². The van der Waals surface area contributed by atoms with E-state index in [0.29, 0.717) is 16.3 Å². The normalized spacial score (nSPS) is 13.0. The Morgan fingerprint density at radius 2 is 1.82 bits per heavy atom. The molecule has 0 spiro atoms. The van der Waals surface area contributed by atoms with Crippen LogP contribution in [0.5, 0.6) is 11.5 Å². The number of carboxylic acid groups (broad SMARTS) is 1. The summed E-state index contributed by atoms with van der Waals surface area (Å²) >= 11 is 0. The Morgan fingerprint density at radius 3 is 2.42 bits per heavy atom. The first-order valence-electron chi connectivity index (χ1n) is 10.2. The van der Waals surface area contributed by atoms with Gasteiger partial charge in [-0.15, -0.1) is 0 Å². The van der Waals surface area contributed by atoms with E-state index in [2.05, 4.69) is 0 Å². The zero-order valence-electron chi connectivity index (χ0n) is 17.6. The van der Waals surface area contributed by atoms with E-state index in [-0.39, 0.29) is 47.9 Å². The molecule has 0 saturated heterocycles. The summed E-state index contributed by atoms with van der Waals surface area (Å²) < 4.78 is 52.0. The molecule has 172 valence electrons. The SMILES string of the molecule is CCOc1c2c(c(OCC(F)F)c3ccccc13)CN(c1ccc(CC(=O)O)cc1F)C2=O. The van der Waals surface area contributed by atoms with E-state index in [9.17, 15) is 22.8 Å². The highest BCUT2D eigenvalue weighted by Gasteiger charge is 2.38. The number of carbonyl (C=O) groups is 2. The molecule has 33 heavy (non-hydrogen) atoms. The number of hydrogen-bond donors (Lipinski definition) is 1. The third kappa shape index (κ3) is 4.18. The maximum atomic E-state index is 14.9. The average molecular weight is 459 g/mol. The number of halogens is 3. The van der Waals surface area contributed by atoms with E-state index in [1.807, 2.05) is 0 Å². The van der Waals surface area contributed by atoms with E-state index in [0.717, 1.165) is 6.07 Å². The van der Waals surface area contributed by atoms with Crippen LogP contribution in [-0.4, -0.2) is 36.6 Å². The number of nitrogens with zero attached hydrogens (tertiary/aromatic N) is 1. The van der Waals surface area contributed by atoms with Crippen LogP contribution in [0.15, 0.2) is 42.5 Å². The molecule has 1 aliphatic rings. The van der Waals surface area contributed by atoms with Crippen LogP contribution in [-0.2, 0) is 17.8 Å². The number of alkyl halides is 2. The van der Waals surface area contributed by atoms with Crippen LogP contribution in [0.1, 0.15) is 28.4 Å². The van der Waals surface area contributed by atoms with Gasteiger partial charge in [0.1, 0.15) is 23.9 Å². The lowest BCUT2D eigenvalue weighted by Crippen LogP contribution is -2.24. The number of carbonyl (C=O) groups excluding carboxylic acids is 1. The maximum absolute atomic E-state index is 14.9. The number of fused-ring (bicyclic) bond motifs is 2. The number of anilines is 1. The molecule has 1 N–H and O–H groups in total. The van der Waals surface area contributed by atoms with Gasteiger partial charge in [-0.05, 0) is 24.6 Å². The monoisotopic (exact) mass is 459 g/mol. The summed E-state index contributed by atoms with van der Waals surface area (Å²) in [6.45, 7) is 1.02. The first-order chi connectivity index (χ1) is 15.8. The van der Waals surface area contributed by atoms with Gasteiger partial charge in [-0.25, -0.2) is 13.2 Å². The Hall–Kier alpha value is -3.75. The summed E-state index contributed by atoms with van der Waals surface area (Å²) in [5, 5.41) is 9.95. The third-order valence-corrected chi connectivity index (χ3v) is 5.30. The Kier molecular flexibility index (Phi) is 6.13. The topological polar surface area (TPSA) is 76.1 Å². The zero-order valence-corrected chi connectivity index (χ0v) is 17.6. The van der Waals surface area contributed by atoms with Crippen molar-refractivity contribution in [3.05, 3.63) is 65.0 Å². The molecule has 9 heteroatoms. The van der Waals surface area contributed by atoms with Crippen molar-refractivity contribution in [2.45, 2.75) is 26.3 Å². The van der Waals surface area contributed by atoms with Gasteiger partial charge < -0.3 is 19.5 Å². The maximum Gasteiger partial charge on any atom is 0.307 e. The first-order valence-corrected chi connectivity index (χ1v) is 10.2. The molecule has 0 atom stereocenters. The van der Waals surface area contributed by atoms with Crippen molar-refractivity contribution in [2.75, 3.05) is 18.1 Å². The number of benzene rings is 3.